The van der Waals surface area contributed by atoms with Crippen LogP contribution in [0.25, 0.3) is 11.1 Å². The standard InChI is InChI=1S/C15H17FN2/c1-2-7-18-11-14-4-3-13(10-15(14)16)12-5-8-17-9-6-12/h3-6,8-10,18H,2,7,11H2,1H3. The van der Waals surface area contributed by atoms with E-state index in [1.807, 2.05) is 24.3 Å². The summed E-state index contributed by atoms with van der Waals surface area (Å²) < 4.78 is 13.9. The highest BCUT2D eigenvalue weighted by atomic mass is 19.1. The van der Waals surface area contributed by atoms with Gasteiger partial charge in [-0.05, 0) is 42.3 Å². The quantitative estimate of drug-likeness (QED) is 0.815. The van der Waals surface area contributed by atoms with E-state index in [1.54, 1.807) is 18.5 Å². The molecule has 0 saturated heterocycles. The van der Waals surface area contributed by atoms with E-state index in [0.29, 0.717) is 12.1 Å². The fraction of sp³-hybridized carbons (Fsp3) is 0.267. The lowest BCUT2D eigenvalue weighted by atomic mass is 10.0. The third-order valence-electron chi connectivity index (χ3n) is 2.81. The summed E-state index contributed by atoms with van der Waals surface area (Å²) in [5.74, 6) is -0.159. The first-order valence-electron chi connectivity index (χ1n) is 6.21. The molecule has 18 heavy (non-hydrogen) atoms. The molecule has 0 aliphatic heterocycles. The van der Waals surface area contributed by atoms with E-state index >= 15 is 0 Å². The average Bonchev–Trinajstić information content (AvgIpc) is 2.42. The zero-order valence-electron chi connectivity index (χ0n) is 10.5. The van der Waals surface area contributed by atoms with Crippen molar-refractivity contribution in [2.45, 2.75) is 19.9 Å². The summed E-state index contributed by atoms with van der Waals surface area (Å²) in [5, 5.41) is 3.20. The first kappa shape index (κ1) is 12.7. The van der Waals surface area contributed by atoms with Crippen molar-refractivity contribution in [3.05, 3.63) is 54.1 Å². The molecular formula is C15H17FN2. The number of halogens is 1. The van der Waals surface area contributed by atoms with E-state index in [9.17, 15) is 4.39 Å². The lowest BCUT2D eigenvalue weighted by Gasteiger charge is -2.07. The van der Waals surface area contributed by atoms with Gasteiger partial charge in [-0.15, -0.1) is 0 Å². The maximum atomic E-state index is 13.9. The number of nitrogens with zero attached hydrogens (tertiary/aromatic N) is 1. The SMILES string of the molecule is CCCNCc1ccc(-c2ccncc2)cc1F. The molecule has 0 spiro atoms. The van der Waals surface area contributed by atoms with Crippen LogP contribution < -0.4 is 5.32 Å². The Morgan fingerprint density at radius 3 is 2.56 bits per heavy atom. The highest BCUT2D eigenvalue weighted by Gasteiger charge is 2.04. The summed E-state index contributed by atoms with van der Waals surface area (Å²) >= 11 is 0. The van der Waals surface area contributed by atoms with Gasteiger partial charge in [-0.1, -0.05) is 19.1 Å². The van der Waals surface area contributed by atoms with Gasteiger partial charge in [0.2, 0.25) is 0 Å². The molecule has 0 fully saturated rings. The maximum absolute atomic E-state index is 13.9. The van der Waals surface area contributed by atoms with Crippen molar-refractivity contribution in [2.75, 3.05) is 6.54 Å². The number of aromatic nitrogens is 1. The second-order valence-electron chi connectivity index (χ2n) is 4.22. The van der Waals surface area contributed by atoms with Crippen molar-refractivity contribution in [3.63, 3.8) is 0 Å². The zero-order valence-corrected chi connectivity index (χ0v) is 10.5. The fourth-order valence-electron chi connectivity index (χ4n) is 1.81. The number of hydrogen-bond donors (Lipinski definition) is 1. The third kappa shape index (κ3) is 3.14. The molecule has 2 rings (SSSR count). The highest BCUT2D eigenvalue weighted by molar-refractivity contribution is 5.63. The minimum absolute atomic E-state index is 0.159. The van der Waals surface area contributed by atoms with Crippen molar-refractivity contribution in [2.24, 2.45) is 0 Å². The van der Waals surface area contributed by atoms with Gasteiger partial charge in [0.15, 0.2) is 0 Å². The number of benzene rings is 1. The first-order chi connectivity index (χ1) is 8.81. The van der Waals surface area contributed by atoms with Crippen LogP contribution in [0.4, 0.5) is 4.39 Å². The van der Waals surface area contributed by atoms with Crippen LogP contribution in [0.1, 0.15) is 18.9 Å². The van der Waals surface area contributed by atoms with Crippen LogP contribution in [0.5, 0.6) is 0 Å². The van der Waals surface area contributed by atoms with Crippen LogP contribution in [0.15, 0.2) is 42.7 Å². The van der Waals surface area contributed by atoms with Gasteiger partial charge in [0.05, 0.1) is 0 Å². The summed E-state index contributed by atoms with van der Waals surface area (Å²) in [7, 11) is 0. The first-order valence-corrected chi connectivity index (χ1v) is 6.21. The Bertz CT molecular complexity index is 497. The van der Waals surface area contributed by atoms with Crippen LogP contribution in [0, 0.1) is 5.82 Å². The fourth-order valence-corrected chi connectivity index (χ4v) is 1.81. The molecule has 0 atom stereocenters. The molecule has 1 heterocycles. The predicted molar refractivity (Wildman–Crippen MR) is 71.6 cm³/mol. The molecule has 0 radical (unpaired) electrons. The van der Waals surface area contributed by atoms with Crippen LogP contribution in [-0.4, -0.2) is 11.5 Å². The molecule has 1 aromatic heterocycles. The monoisotopic (exact) mass is 244 g/mol. The Kier molecular flexibility index (Phi) is 4.42. The van der Waals surface area contributed by atoms with E-state index in [4.69, 9.17) is 0 Å². The average molecular weight is 244 g/mol. The Labute approximate surface area is 107 Å². The third-order valence-corrected chi connectivity index (χ3v) is 2.81. The van der Waals surface area contributed by atoms with Gasteiger partial charge in [-0.25, -0.2) is 4.39 Å². The predicted octanol–water partition coefficient (Wildman–Crippen LogP) is 3.39. The molecule has 0 aliphatic rings. The molecule has 2 aromatic rings. The van der Waals surface area contributed by atoms with Crippen LogP contribution >= 0.6 is 0 Å². The Balaban J connectivity index is 2.15. The zero-order chi connectivity index (χ0) is 12.8. The van der Waals surface area contributed by atoms with Gasteiger partial charge in [-0.2, -0.15) is 0 Å². The molecule has 0 bridgehead atoms. The Morgan fingerprint density at radius 1 is 1.11 bits per heavy atom. The van der Waals surface area contributed by atoms with Crippen molar-refractivity contribution in [3.8, 4) is 11.1 Å². The summed E-state index contributed by atoms with van der Waals surface area (Å²) in [6.07, 6.45) is 4.48. The molecule has 0 unspecified atom stereocenters. The summed E-state index contributed by atoms with van der Waals surface area (Å²) in [5.41, 5.74) is 2.58. The maximum Gasteiger partial charge on any atom is 0.128 e. The van der Waals surface area contributed by atoms with Gasteiger partial charge in [0.25, 0.3) is 0 Å². The second kappa shape index (κ2) is 6.26. The lowest BCUT2D eigenvalue weighted by Crippen LogP contribution is -2.14. The molecule has 0 saturated carbocycles. The van der Waals surface area contributed by atoms with E-state index in [-0.39, 0.29) is 5.82 Å². The molecular weight excluding hydrogens is 227 g/mol. The molecule has 94 valence electrons. The van der Waals surface area contributed by atoms with E-state index < -0.39 is 0 Å². The number of nitrogens with one attached hydrogen (secondary N) is 1. The van der Waals surface area contributed by atoms with E-state index in [2.05, 4.69) is 17.2 Å². The van der Waals surface area contributed by atoms with Crippen LogP contribution in [0.2, 0.25) is 0 Å². The van der Waals surface area contributed by atoms with Crippen molar-refractivity contribution >= 4 is 0 Å². The lowest BCUT2D eigenvalue weighted by molar-refractivity contribution is 0.587. The van der Waals surface area contributed by atoms with Crippen molar-refractivity contribution in [1.82, 2.24) is 10.3 Å². The largest absolute Gasteiger partial charge is 0.313 e. The number of pyridine rings is 1. The molecule has 0 amide bonds. The minimum atomic E-state index is -0.159. The van der Waals surface area contributed by atoms with Gasteiger partial charge < -0.3 is 5.32 Å². The van der Waals surface area contributed by atoms with Gasteiger partial charge in [-0.3, -0.25) is 4.98 Å². The Hall–Kier alpha value is -1.74. The van der Waals surface area contributed by atoms with E-state index in [0.717, 1.165) is 24.1 Å². The van der Waals surface area contributed by atoms with Crippen LogP contribution in [0.3, 0.4) is 0 Å². The van der Waals surface area contributed by atoms with Crippen molar-refractivity contribution < 1.29 is 4.39 Å². The van der Waals surface area contributed by atoms with Gasteiger partial charge in [0.1, 0.15) is 5.82 Å². The van der Waals surface area contributed by atoms with Crippen molar-refractivity contribution in [1.29, 1.82) is 0 Å². The molecule has 0 aliphatic carbocycles. The molecule has 2 nitrogen and oxygen atoms in total. The Morgan fingerprint density at radius 2 is 1.89 bits per heavy atom. The summed E-state index contributed by atoms with van der Waals surface area (Å²) in [6, 6.07) is 9.13. The second-order valence-corrected chi connectivity index (χ2v) is 4.22. The molecule has 3 heteroatoms. The topological polar surface area (TPSA) is 24.9 Å². The summed E-state index contributed by atoms with van der Waals surface area (Å²) in [6.45, 7) is 3.58. The molecule has 1 N–H and O–H groups in total. The highest BCUT2D eigenvalue weighted by Crippen LogP contribution is 2.21. The van der Waals surface area contributed by atoms with Gasteiger partial charge in [0, 0.05) is 24.5 Å². The number of rotatable bonds is 5. The summed E-state index contributed by atoms with van der Waals surface area (Å²) in [4.78, 5) is 3.96. The normalized spacial score (nSPS) is 10.6. The van der Waals surface area contributed by atoms with Crippen LogP contribution in [-0.2, 0) is 6.54 Å². The van der Waals surface area contributed by atoms with Gasteiger partial charge >= 0.3 is 0 Å². The minimum Gasteiger partial charge on any atom is -0.313 e. The van der Waals surface area contributed by atoms with E-state index in [1.165, 1.54) is 0 Å². The smallest absolute Gasteiger partial charge is 0.128 e. The number of hydrogen-bond acceptors (Lipinski definition) is 2. The molecule has 1 aromatic carbocycles.